The van der Waals surface area contributed by atoms with Crippen molar-refractivity contribution < 1.29 is 143 Å². The first-order valence-electron chi connectivity index (χ1n) is 33.3. The minimum Gasteiger partial charge on any atom is -0.469 e. The lowest BCUT2D eigenvalue weighted by Gasteiger charge is -2.21. The molecule has 4 unspecified atom stereocenters. The Labute approximate surface area is 641 Å². The summed E-state index contributed by atoms with van der Waals surface area (Å²) in [5, 5.41) is -1.10. The molecule has 0 aliphatic heterocycles. The van der Waals surface area contributed by atoms with Crippen LogP contribution >= 0.6 is 64.8 Å². The molecule has 31 nitrogen and oxygen atoms in total. The van der Waals surface area contributed by atoms with Crippen molar-refractivity contribution in [2.45, 2.75) is 203 Å². The first kappa shape index (κ1) is 105. The van der Waals surface area contributed by atoms with Crippen LogP contribution in [0, 0.1) is 0 Å². The Morgan fingerprint density at radius 2 is 0.600 bits per heavy atom. The molecule has 0 spiro atoms. The minimum absolute atomic E-state index is 0.00567. The van der Waals surface area contributed by atoms with Crippen molar-refractivity contribution >= 4 is 171 Å². The predicted octanol–water partition coefficient (Wildman–Crippen LogP) is 8.43. The van der Waals surface area contributed by atoms with Gasteiger partial charge in [-0.25, -0.2) is 33.7 Å². The molecule has 0 fully saturated rings. The standard InChI is InChI=1S/C44H74O25S8.C18H30O6S2.C2H4/c1-33(72-76(5,57)58)22-37(47)14-9-19-42(50)67-30-63-28-40(65-32-69-44(52)24-38(48)23-34(2)73-77(6,59)60)26-61-25-39(64-31-68-43(51)18-8-13-36(46)16-11-21-71-75(4,55)56)27-62-29-66-41(49)17-7-12-35(45)15-10-20-70-74(3,53)54;1-23-17(21)11-3-7-15(19)9-5-13-25-26-14-6-10-16(20)8-4-12-18(22)24-2;1-2/h33-34,39-40H,7-32H2,1-6H3;3-14H2,1-2H3;1-2H2. The number of ether oxygens (including phenoxy) is 11. The van der Waals surface area contributed by atoms with Gasteiger partial charge in [0.2, 0.25) is 0 Å². The van der Waals surface area contributed by atoms with Crippen molar-refractivity contribution in [1.82, 2.24) is 0 Å². The molecule has 610 valence electrons. The highest BCUT2D eigenvalue weighted by Gasteiger charge is 2.22. The van der Waals surface area contributed by atoms with Crippen LogP contribution < -0.4 is 0 Å². The van der Waals surface area contributed by atoms with Gasteiger partial charge in [-0.3, -0.25) is 57.5 Å². The zero-order valence-electron chi connectivity index (χ0n) is 61.3. The number of carbonyl (C=O) groups excluding carboxylic acids is 12. The number of rotatable bonds is 67. The van der Waals surface area contributed by atoms with E-state index in [1.807, 2.05) is 0 Å². The second-order valence-electron chi connectivity index (χ2n) is 23.0. The van der Waals surface area contributed by atoms with E-state index in [2.05, 4.69) is 22.6 Å². The first-order chi connectivity index (χ1) is 49.3. The Morgan fingerprint density at radius 1 is 0.324 bits per heavy atom. The number of ketones is 6. The number of hydrogen-bond acceptors (Lipinski definition) is 37. The van der Waals surface area contributed by atoms with Crippen LogP contribution in [0.1, 0.15) is 181 Å². The summed E-state index contributed by atoms with van der Waals surface area (Å²) >= 11 is 0. The second-order valence-corrected chi connectivity index (χ2v) is 44.4. The van der Waals surface area contributed by atoms with Gasteiger partial charge >= 0.3 is 35.8 Å². The fourth-order valence-corrected chi connectivity index (χ4v) is 19.6. The fraction of sp³-hybridized carbons (Fsp3) is 0.781. The maximum absolute atomic E-state index is 12.5. The van der Waals surface area contributed by atoms with Crippen molar-refractivity contribution in [3.63, 3.8) is 0 Å². The lowest BCUT2D eigenvalue weighted by Crippen LogP contribution is -2.33. The Hall–Kier alpha value is -3.72. The van der Waals surface area contributed by atoms with E-state index in [4.69, 9.17) is 42.6 Å². The molecule has 0 saturated heterocycles. The van der Waals surface area contributed by atoms with Gasteiger partial charge in [-0.15, -0.1) is 13.2 Å². The summed E-state index contributed by atoms with van der Waals surface area (Å²) in [6, 6.07) is 0. The van der Waals surface area contributed by atoms with E-state index in [1.165, 1.54) is 21.1 Å². The highest BCUT2D eigenvalue weighted by Crippen LogP contribution is 2.25. The molecule has 0 aromatic heterocycles. The molecule has 0 aliphatic carbocycles. The molecule has 0 rings (SSSR count). The first-order valence-corrected chi connectivity index (χ1v) is 49.2. The highest BCUT2D eigenvalue weighted by molar-refractivity contribution is 8.76. The Balaban J connectivity index is -0.00000310. The topological polar surface area (TPSA) is 443 Å². The molecule has 0 amide bonds. The quantitative estimate of drug-likeness (QED) is 0.0105. The van der Waals surface area contributed by atoms with Gasteiger partial charge in [-0.05, 0) is 101 Å². The summed E-state index contributed by atoms with van der Waals surface area (Å²) in [5.41, 5.74) is 0. The van der Waals surface area contributed by atoms with E-state index in [-0.39, 0.29) is 162 Å². The van der Waals surface area contributed by atoms with Crippen LogP contribution in [0.2, 0.25) is 0 Å². The molecule has 0 N–H and O–H groups in total. The Kier molecular flexibility index (Phi) is 65.3. The SMILES string of the molecule is C=C.CC(CC(=O)CCCC(=O)OCOCC(COCC(COCOC(=O)CCCC(=O)CCCSS(C)(=O)=O)OCOC(=O)CCCC(=O)CCCSS(C)(=O)=O)OCOC(=O)CC(=O)CC(C)SS(C)(=O)=O)SS(C)(=O)=O.COC(=O)CCCC(=O)CCCSSCCCC(=O)CCCC(=O)OC. The van der Waals surface area contributed by atoms with Crippen LogP contribution in [0.15, 0.2) is 13.2 Å². The fourth-order valence-electron chi connectivity index (χ4n) is 8.08. The molecule has 0 heterocycles. The maximum Gasteiger partial charge on any atom is 0.315 e. The van der Waals surface area contributed by atoms with Gasteiger partial charge in [0.15, 0.2) is 62.6 Å². The van der Waals surface area contributed by atoms with Crippen molar-refractivity contribution in [1.29, 1.82) is 0 Å². The van der Waals surface area contributed by atoms with Gasteiger partial charge in [0.25, 0.3) is 0 Å². The molecular formula is C64H108O31S10. The monoisotopic (exact) mass is 1690 g/mol. The van der Waals surface area contributed by atoms with Crippen molar-refractivity contribution in [2.75, 3.05) is 116 Å². The van der Waals surface area contributed by atoms with Crippen LogP contribution in [0.4, 0.5) is 0 Å². The molecule has 0 aliphatic rings. The van der Waals surface area contributed by atoms with Crippen LogP contribution in [0.25, 0.3) is 0 Å². The van der Waals surface area contributed by atoms with Crippen molar-refractivity contribution in [3.05, 3.63) is 13.2 Å². The summed E-state index contributed by atoms with van der Waals surface area (Å²) in [4.78, 5) is 144. The summed E-state index contributed by atoms with van der Waals surface area (Å²) < 4.78 is 148. The average Bonchev–Trinajstić information content (AvgIpc) is 0.942. The molecule has 41 heteroatoms. The van der Waals surface area contributed by atoms with Gasteiger partial charge in [-0.1, -0.05) is 35.4 Å². The van der Waals surface area contributed by atoms with Gasteiger partial charge in [0, 0.05) is 161 Å². The normalized spacial score (nSPS) is 12.6. The molecular weight excluding hydrogens is 1590 g/mol. The molecule has 4 atom stereocenters. The van der Waals surface area contributed by atoms with Gasteiger partial charge in [0.1, 0.15) is 53.3 Å². The zero-order valence-corrected chi connectivity index (χ0v) is 69.5. The lowest BCUT2D eigenvalue weighted by atomic mass is 10.1. The molecule has 0 radical (unpaired) electrons. The summed E-state index contributed by atoms with van der Waals surface area (Å²) in [5.74, 6) is -2.04. The van der Waals surface area contributed by atoms with E-state index in [9.17, 15) is 91.2 Å². The van der Waals surface area contributed by atoms with Gasteiger partial charge in [-0.2, -0.15) is 0 Å². The summed E-state index contributed by atoms with van der Waals surface area (Å²) in [6.07, 6.45) is 7.72. The van der Waals surface area contributed by atoms with Crippen LogP contribution in [-0.2, 0) is 145 Å². The van der Waals surface area contributed by atoms with E-state index in [0.29, 0.717) is 85.8 Å². The van der Waals surface area contributed by atoms with Gasteiger partial charge in [0.05, 0.1) is 40.6 Å². The highest BCUT2D eigenvalue weighted by atomic mass is 33.2. The predicted molar refractivity (Wildman–Crippen MR) is 405 cm³/mol. The minimum atomic E-state index is -3.45. The third-order valence-corrected chi connectivity index (χ3v) is 26.5. The maximum atomic E-state index is 12.5. The third-order valence-electron chi connectivity index (χ3n) is 12.8. The average molecular weight is 1690 g/mol. The van der Waals surface area contributed by atoms with Gasteiger partial charge < -0.3 is 52.1 Å². The number of Topliss-reactive ketones (excluding diaryl/α,β-unsaturated/α-hetero) is 6. The Bertz CT molecular complexity index is 3000. The molecule has 0 saturated carbocycles. The van der Waals surface area contributed by atoms with E-state index in [0.717, 1.165) is 71.0 Å². The largest absolute Gasteiger partial charge is 0.469 e. The van der Waals surface area contributed by atoms with Crippen LogP contribution in [0.5, 0.6) is 0 Å². The Morgan fingerprint density at radius 3 is 0.924 bits per heavy atom. The van der Waals surface area contributed by atoms with Crippen molar-refractivity contribution in [2.24, 2.45) is 0 Å². The number of methoxy groups -OCH3 is 2. The lowest BCUT2D eigenvalue weighted by molar-refractivity contribution is -0.185. The molecule has 0 aromatic carbocycles. The number of hydrogen-bond donors (Lipinski definition) is 0. The smallest absolute Gasteiger partial charge is 0.315 e. The van der Waals surface area contributed by atoms with E-state index >= 15 is 0 Å². The number of carbonyl (C=O) groups is 12. The summed E-state index contributed by atoms with van der Waals surface area (Å²) in [6.45, 7) is 5.35. The second kappa shape index (κ2) is 65.0. The van der Waals surface area contributed by atoms with Crippen LogP contribution in [-0.4, -0.2) is 243 Å². The molecule has 0 aromatic rings. The summed E-state index contributed by atoms with van der Waals surface area (Å²) in [7, 11) is -4.39. The van der Waals surface area contributed by atoms with Crippen LogP contribution in [0.3, 0.4) is 0 Å². The molecule has 0 bridgehead atoms. The van der Waals surface area contributed by atoms with E-state index in [1.54, 1.807) is 28.5 Å². The van der Waals surface area contributed by atoms with E-state index < -0.39 is 121 Å². The number of esters is 6. The third kappa shape index (κ3) is 78.2. The van der Waals surface area contributed by atoms with Crippen molar-refractivity contribution in [3.8, 4) is 0 Å². The molecule has 105 heavy (non-hydrogen) atoms. The zero-order chi connectivity index (χ0) is 80.1.